The maximum absolute atomic E-state index is 13.6. The number of ether oxygens (including phenoxy) is 3. The van der Waals surface area contributed by atoms with Gasteiger partial charge in [-0.05, 0) is 64.7 Å². The van der Waals surface area contributed by atoms with Gasteiger partial charge in [0.2, 0.25) is 0 Å². The van der Waals surface area contributed by atoms with Crippen LogP contribution in [-0.4, -0.2) is 76.7 Å². The number of amides is 2. The van der Waals surface area contributed by atoms with Crippen molar-refractivity contribution in [2.75, 3.05) is 37.5 Å². The van der Waals surface area contributed by atoms with E-state index in [9.17, 15) is 9.59 Å². The Morgan fingerprint density at radius 1 is 1.05 bits per heavy atom. The van der Waals surface area contributed by atoms with E-state index >= 15 is 0 Å². The van der Waals surface area contributed by atoms with Gasteiger partial charge in [0, 0.05) is 49.9 Å². The first-order chi connectivity index (χ1) is 20.5. The van der Waals surface area contributed by atoms with Crippen molar-refractivity contribution in [2.24, 2.45) is 7.05 Å². The molecule has 1 N–H and O–H groups in total. The summed E-state index contributed by atoms with van der Waals surface area (Å²) < 4.78 is 24.3. The number of benzene rings is 2. The second kappa shape index (κ2) is 11.0. The number of nitrogens with zero attached hydrogens (tertiary/aromatic N) is 5. The molecule has 1 saturated heterocycles. The molecule has 12 heteroatoms. The highest BCUT2D eigenvalue weighted by atomic mass is 16.6. The van der Waals surface area contributed by atoms with Crippen LogP contribution in [0.15, 0.2) is 34.9 Å². The topological polar surface area (TPSA) is 124 Å². The highest BCUT2D eigenvalue weighted by molar-refractivity contribution is 6.14. The van der Waals surface area contributed by atoms with E-state index in [0.29, 0.717) is 41.2 Å². The van der Waals surface area contributed by atoms with Crippen molar-refractivity contribution in [2.45, 2.75) is 64.1 Å². The quantitative estimate of drug-likeness (QED) is 0.303. The fourth-order valence-corrected chi connectivity index (χ4v) is 5.77. The molecule has 2 aliphatic rings. The fraction of sp³-hybridized carbons (Fsp3) is 0.484. The summed E-state index contributed by atoms with van der Waals surface area (Å²) >= 11 is 0. The number of hydrogen-bond donors (Lipinski definition) is 1. The number of fused-ring (bicyclic) bond motifs is 2. The Morgan fingerprint density at radius 3 is 2.42 bits per heavy atom. The number of piperidine rings is 1. The maximum Gasteiger partial charge on any atom is 0.410 e. The number of methoxy groups -OCH3 is 2. The monoisotopic (exact) mass is 590 g/mol. The standard InChI is InChI=1S/C31H38N6O6/c1-31(2,3)43-30(39)37(19-7-8-19)20-11-13-36(14-12-20)24-10-9-21(26-27(24)42-29(33-26)41-6)28(38)32-23-15-18-17-35(4)34-22(18)16-25(23)40-5/h9-10,15-17,19-20H,7-8,11-14H2,1-6H3,(H,32,38). The largest absolute Gasteiger partial charge is 0.494 e. The van der Waals surface area contributed by atoms with Gasteiger partial charge < -0.3 is 33.7 Å². The third kappa shape index (κ3) is 5.78. The molecule has 6 rings (SSSR count). The molecule has 0 spiro atoms. The summed E-state index contributed by atoms with van der Waals surface area (Å²) in [5.41, 5.74) is 2.80. The van der Waals surface area contributed by atoms with Crippen molar-refractivity contribution in [3.63, 3.8) is 0 Å². The number of rotatable bonds is 7. The molecule has 2 aromatic carbocycles. The third-order valence-corrected chi connectivity index (χ3v) is 7.85. The molecule has 0 bridgehead atoms. The Bertz CT molecular complexity index is 1680. The zero-order valence-electron chi connectivity index (χ0n) is 25.5. The Kier molecular flexibility index (Phi) is 7.31. The van der Waals surface area contributed by atoms with Crippen LogP contribution in [0.4, 0.5) is 16.2 Å². The molecule has 3 heterocycles. The molecule has 43 heavy (non-hydrogen) atoms. The van der Waals surface area contributed by atoms with Crippen LogP contribution in [0.25, 0.3) is 22.0 Å². The van der Waals surface area contributed by atoms with Crippen LogP contribution in [0.1, 0.15) is 56.8 Å². The number of hydrogen-bond acceptors (Lipinski definition) is 9. The van der Waals surface area contributed by atoms with E-state index < -0.39 is 5.60 Å². The van der Waals surface area contributed by atoms with Crippen molar-refractivity contribution in [1.29, 1.82) is 0 Å². The second-order valence-corrected chi connectivity index (χ2v) is 12.2. The highest BCUT2D eigenvalue weighted by Crippen LogP contribution is 2.38. The lowest BCUT2D eigenvalue weighted by molar-refractivity contribution is 0.0113. The van der Waals surface area contributed by atoms with E-state index in [0.717, 1.165) is 42.3 Å². The van der Waals surface area contributed by atoms with Gasteiger partial charge in [-0.3, -0.25) is 9.48 Å². The predicted octanol–water partition coefficient (Wildman–Crippen LogP) is 5.35. The zero-order chi connectivity index (χ0) is 30.5. The molecule has 0 unspecified atom stereocenters. The number of nitrogens with one attached hydrogen (secondary N) is 1. The minimum atomic E-state index is -0.535. The molecule has 2 fully saturated rings. The van der Waals surface area contributed by atoms with Crippen LogP contribution in [0.3, 0.4) is 0 Å². The predicted molar refractivity (Wildman–Crippen MR) is 162 cm³/mol. The summed E-state index contributed by atoms with van der Waals surface area (Å²) in [6, 6.07) is 7.63. The lowest BCUT2D eigenvalue weighted by Gasteiger charge is -2.40. The van der Waals surface area contributed by atoms with Gasteiger partial charge in [0.1, 0.15) is 16.9 Å². The molecule has 2 amide bonds. The lowest BCUT2D eigenvalue weighted by Crippen LogP contribution is -2.50. The van der Waals surface area contributed by atoms with Gasteiger partial charge in [-0.15, -0.1) is 0 Å². The van der Waals surface area contributed by atoms with E-state index in [1.807, 2.05) is 51.0 Å². The number of aryl methyl sites for hydroxylation is 1. The molecular formula is C31H38N6O6. The van der Waals surface area contributed by atoms with Crippen LogP contribution in [0.2, 0.25) is 0 Å². The number of carbonyl (C=O) groups excluding carboxylic acids is 2. The first-order valence-electron chi connectivity index (χ1n) is 14.6. The number of aromatic nitrogens is 3. The minimum Gasteiger partial charge on any atom is -0.494 e. The molecule has 1 saturated carbocycles. The van der Waals surface area contributed by atoms with Gasteiger partial charge in [0.25, 0.3) is 5.91 Å². The minimum absolute atomic E-state index is 0.0746. The highest BCUT2D eigenvalue weighted by Gasteiger charge is 2.41. The molecule has 0 atom stereocenters. The van der Waals surface area contributed by atoms with Crippen molar-refractivity contribution < 1.29 is 28.2 Å². The van der Waals surface area contributed by atoms with Crippen molar-refractivity contribution in [3.05, 3.63) is 36.0 Å². The van der Waals surface area contributed by atoms with E-state index in [1.54, 1.807) is 23.9 Å². The maximum atomic E-state index is 13.6. The molecule has 1 aliphatic heterocycles. The summed E-state index contributed by atoms with van der Waals surface area (Å²) in [7, 11) is 4.87. The summed E-state index contributed by atoms with van der Waals surface area (Å²) in [5.74, 6) is 0.143. The van der Waals surface area contributed by atoms with Gasteiger partial charge in [-0.1, -0.05) is 0 Å². The van der Waals surface area contributed by atoms with Gasteiger partial charge in [0.15, 0.2) is 5.58 Å². The normalized spacial score (nSPS) is 16.0. The fourth-order valence-electron chi connectivity index (χ4n) is 5.77. The van der Waals surface area contributed by atoms with Crippen molar-refractivity contribution in [1.82, 2.24) is 19.7 Å². The zero-order valence-corrected chi connectivity index (χ0v) is 25.5. The van der Waals surface area contributed by atoms with Crippen LogP contribution in [-0.2, 0) is 11.8 Å². The average molecular weight is 591 g/mol. The number of carbonyl (C=O) groups is 2. The SMILES string of the molecule is COc1nc2c(C(=O)Nc3cc4cn(C)nc4cc3OC)ccc(N3CCC(N(C(=O)OC(C)(C)C)C4CC4)CC3)c2o1. The van der Waals surface area contributed by atoms with Crippen molar-refractivity contribution >= 4 is 45.4 Å². The van der Waals surface area contributed by atoms with Gasteiger partial charge >= 0.3 is 12.2 Å². The Labute approximate surface area is 249 Å². The summed E-state index contributed by atoms with van der Waals surface area (Å²) in [4.78, 5) is 35.3. The van der Waals surface area contributed by atoms with Crippen LogP contribution in [0, 0.1) is 0 Å². The summed E-state index contributed by atoms with van der Waals surface area (Å²) in [6.45, 7) is 7.12. The smallest absolute Gasteiger partial charge is 0.410 e. The summed E-state index contributed by atoms with van der Waals surface area (Å²) in [5, 5.41) is 8.26. The van der Waals surface area contributed by atoms with Crippen molar-refractivity contribution in [3.8, 4) is 11.8 Å². The van der Waals surface area contributed by atoms with Gasteiger partial charge in [-0.2, -0.15) is 10.1 Å². The average Bonchev–Trinajstić information content (AvgIpc) is 3.57. The molecule has 4 aromatic rings. The Hall–Kier alpha value is -4.48. The molecule has 2 aromatic heterocycles. The number of anilines is 2. The van der Waals surface area contributed by atoms with Gasteiger partial charge in [0.05, 0.1) is 36.7 Å². The summed E-state index contributed by atoms with van der Waals surface area (Å²) in [6.07, 6.45) is 5.34. The molecule has 1 aliphatic carbocycles. The van der Waals surface area contributed by atoms with Crippen LogP contribution in [0.5, 0.6) is 11.8 Å². The Morgan fingerprint density at radius 2 is 1.77 bits per heavy atom. The lowest BCUT2D eigenvalue weighted by atomic mass is 10.0. The van der Waals surface area contributed by atoms with Crippen LogP contribution >= 0.6 is 0 Å². The molecular weight excluding hydrogens is 552 g/mol. The first kappa shape index (κ1) is 28.6. The first-order valence-corrected chi connectivity index (χ1v) is 14.6. The van der Waals surface area contributed by atoms with E-state index in [-0.39, 0.29) is 30.2 Å². The van der Waals surface area contributed by atoms with E-state index in [4.69, 9.17) is 18.6 Å². The van der Waals surface area contributed by atoms with E-state index in [2.05, 4.69) is 20.3 Å². The van der Waals surface area contributed by atoms with Crippen LogP contribution < -0.4 is 19.7 Å². The molecule has 12 nitrogen and oxygen atoms in total. The number of oxazole rings is 1. The molecule has 0 radical (unpaired) electrons. The third-order valence-electron chi connectivity index (χ3n) is 7.85. The van der Waals surface area contributed by atoms with E-state index in [1.165, 1.54) is 7.11 Å². The Balaban J connectivity index is 1.24. The molecule has 228 valence electrons. The van der Waals surface area contributed by atoms with Gasteiger partial charge in [-0.25, -0.2) is 4.79 Å². The second-order valence-electron chi connectivity index (χ2n) is 12.2.